The minimum atomic E-state index is -3.38. The number of hydrogen-bond donors (Lipinski definition) is 2. The van der Waals surface area contributed by atoms with E-state index in [-0.39, 0.29) is 5.91 Å². The van der Waals surface area contributed by atoms with E-state index in [0.717, 1.165) is 28.6 Å². The average molecular weight is 332 g/mol. The van der Waals surface area contributed by atoms with Gasteiger partial charge in [-0.2, -0.15) is 0 Å². The molecule has 0 aliphatic rings. The highest BCUT2D eigenvalue weighted by atomic mass is 32.2. The smallest absolute Gasteiger partial charge is 0.255 e. The number of benzene rings is 2. The van der Waals surface area contributed by atoms with E-state index < -0.39 is 10.0 Å². The van der Waals surface area contributed by atoms with Crippen molar-refractivity contribution < 1.29 is 13.2 Å². The summed E-state index contributed by atoms with van der Waals surface area (Å²) in [6, 6.07) is 10.4. The Balaban J connectivity index is 2.27. The molecule has 23 heavy (non-hydrogen) atoms. The summed E-state index contributed by atoms with van der Waals surface area (Å²) in [5.74, 6) is -0.280. The summed E-state index contributed by atoms with van der Waals surface area (Å²) in [6.45, 7) is 5.89. The lowest BCUT2D eigenvalue weighted by Crippen LogP contribution is -2.15. The Hall–Kier alpha value is -2.34. The Bertz CT molecular complexity index is 835. The third-order valence-electron chi connectivity index (χ3n) is 3.34. The van der Waals surface area contributed by atoms with Gasteiger partial charge in [-0.3, -0.25) is 9.52 Å². The first-order valence-electron chi connectivity index (χ1n) is 7.13. The van der Waals surface area contributed by atoms with Crippen LogP contribution in [-0.2, 0) is 10.0 Å². The number of carbonyl (C=O) groups excluding carboxylic acids is 1. The Kier molecular flexibility index (Phi) is 4.75. The number of anilines is 2. The molecule has 0 radical (unpaired) electrons. The Morgan fingerprint density at radius 3 is 2.17 bits per heavy atom. The molecule has 0 unspecified atom stereocenters. The molecule has 6 heteroatoms. The molecule has 0 saturated carbocycles. The number of aryl methyl sites for hydroxylation is 3. The Labute approximate surface area is 136 Å². The maximum Gasteiger partial charge on any atom is 0.255 e. The molecule has 2 aromatic rings. The highest BCUT2D eigenvalue weighted by Crippen LogP contribution is 2.23. The van der Waals surface area contributed by atoms with Gasteiger partial charge in [0.15, 0.2) is 0 Å². The minimum absolute atomic E-state index is 0.280. The molecule has 2 aromatic carbocycles. The van der Waals surface area contributed by atoms with Gasteiger partial charge in [0, 0.05) is 16.9 Å². The van der Waals surface area contributed by atoms with Crippen LogP contribution in [0.3, 0.4) is 0 Å². The Morgan fingerprint density at radius 2 is 1.61 bits per heavy atom. The first-order chi connectivity index (χ1) is 10.7. The number of nitrogens with one attached hydrogen (secondary N) is 2. The van der Waals surface area contributed by atoms with Crippen LogP contribution in [0.2, 0.25) is 0 Å². The van der Waals surface area contributed by atoms with Gasteiger partial charge in [0.2, 0.25) is 10.0 Å². The molecule has 1 amide bonds. The zero-order chi connectivity index (χ0) is 17.2. The predicted molar refractivity (Wildman–Crippen MR) is 93.5 cm³/mol. The number of amides is 1. The fourth-order valence-electron chi connectivity index (χ4n) is 2.50. The zero-order valence-electron chi connectivity index (χ0n) is 13.6. The third kappa shape index (κ3) is 4.56. The molecule has 0 aromatic heterocycles. The summed E-state index contributed by atoms with van der Waals surface area (Å²) in [5.41, 5.74) is 4.64. The van der Waals surface area contributed by atoms with Gasteiger partial charge in [0.25, 0.3) is 5.91 Å². The summed E-state index contributed by atoms with van der Waals surface area (Å²) in [6.07, 6.45) is 1.07. The van der Waals surface area contributed by atoms with E-state index >= 15 is 0 Å². The minimum Gasteiger partial charge on any atom is -0.322 e. The van der Waals surface area contributed by atoms with Crippen LogP contribution >= 0.6 is 0 Å². The molecule has 0 fully saturated rings. The van der Waals surface area contributed by atoms with Gasteiger partial charge in [0.05, 0.1) is 6.26 Å². The monoisotopic (exact) mass is 332 g/mol. The second-order valence-corrected chi connectivity index (χ2v) is 7.43. The molecular weight excluding hydrogens is 312 g/mol. The standard InChI is InChI=1S/C17H20N2O3S/c1-11-8-12(2)16(13(3)9-11)18-17(20)14-6-5-7-15(10-14)19-23(4,21)22/h5-10,19H,1-4H3,(H,18,20). The van der Waals surface area contributed by atoms with Crippen molar-refractivity contribution in [1.82, 2.24) is 0 Å². The molecule has 122 valence electrons. The van der Waals surface area contributed by atoms with Crippen LogP contribution in [0.4, 0.5) is 11.4 Å². The second kappa shape index (κ2) is 6.42. The molecular formula is C17H20N2O3S. The van der Waals surface area contributed by atoms with Gasteiger partial charge < -0.3 is 5.32 Å². The van der Waals surface area contributed by atoms with Gasteiger partial charge >= 0.3 is 0 Å². The van der Waals surface area contributed by atoms with Crippen LogP contribution in [0.15, 0.2) is 36.4 Å². The van der Waals surface area contributed by atoms with Crippen LogP contribution in [-0.4, -0.2) is 20.6 Å². The van der Waals surface area contributed by atoms with Gasteiger partial charge in [-0.15, -0.1) is 0 Å². The van der Waals surface area contributed by atoms with Crippen molar-refractivity contribution in [1.29, 1.82) is 0 Å². The normalized spacial score (nSPS) is 11.1. The van der Waals surface area contributed by atoms with Crippen molar-refractivity contribution in [3.8, 4) is 0 Å². The topological polar surface area (TPSA) is 75.3 Å². The summed E-state index contributed by atoms with van der Waals surface area (Å²) in [7, 11) is -3.38. The van der Waals surface area contributed by atoms with Crippen LogP contribution in [0.25, 0.3) is 0 Å². The van der Waals surface area contributed by atoms with Crippen LogP contribution in [0.1, 0.15) is 27.0 Å². The number of hydrogen-bond acceptors (Lipinski definition) is 3. The molecule has 2 N–H and O–H groups in total. The molecule has 0 bridgehead atoms. The van der Waals surface area contributed by atoms with Gasteiger partial charge in [-0.05, 0) is 50.1 Å². The number of sulfonamides is 1. The van der Waals surface area contributed by atoms with Crippen LogP contribution in [0.5, 0.6) is 0 Å². The van der Waals surface area contributed by atoms with Crippen LogP contribution < -0.4 is 10.0 Å². The first-order valence-corrected chi connectivity index (χ1v) is 9.02. The van der Waals surface area contributed by atoms with Crippen LogP contribution in [0, 0.1) is 20.8 Å². The van der Waals surface area contributed by atoms with Gasteiger partial charge in [0.1, 0.15) is 0 Å². The highest BCUT2D eigenvalue weighted by Gasteiger charge is 2.11. The molecule has 0 aliphatic heterocycles. The van der Waals surface area contributed by atoms with E-state index in [2.05, 4.69) is 10.0 Å². The van der Waals surface area contributed by atoms with Gasteiger partial charge in [-0.25, -0.2) is 8.42 Å². The van der Waals surface area contributed by atoms with Crippen molar-refractivity contribution in [3.05, 3.63) is 58.7 Å². The summed E-state index contributed by atoms with van der Waals surface area (Å²) < 4.78 is 24.9. The SMILES string of the molecule is Cc1cc(C)c(NC(=O)c2cccc(NS(C)(=O)=O)c2)c(C)c1. The first kappa shape index (κ1) is 17.0. The maximum atomic E-state index is 12.4. The van der Waals surface area contributed by atoms with E-state index in [0.29, 0.717) is 11.3 Å². The maximum absolute atomic E-state index is 12.4. The van der Waals surface area contributed by atoms with Crippen molar-refractivity contribution in [3.63, 3.8) is 0 Å². The highest BCUT2D eigenvalue weighted by molar-refractivity contribution is 7.92. The lowest BCUT2D eigenvalue weighted by atomic mass is 10.0. The van der Waals surface area contributed by atoms with E-state index in [1.54, 1.807) is 18.2 Å². The van der Waals surface area contributed by atoms with E-state index in [1.807, 2.05) is 32.9 Å². The quantitative estimate of drug-likeness (QED) is 0.902. The second-order valence-electron chi connectivity index (χ2n) is 5.68. The van der Waals surface area contributed by atoms with E-state index in [9.17, 15) is 13.2 Å². The van der Waals surface area contributed by atoms with Crippen molar-refractivity contribution in [2.75, 3.05) is 16.3 Å². The molecule has 0 spiro atoms. The Morgan fingerprint density at radius 1 is 1.00 bits per heavy atom. The van der Waals surface area contributed by atoms with E-state index in [4.69, 9.17) is 0 Å². The summed E-state index contributed by atoms with van der Waals surface area (Å²) >= 11 is 0. The third-order valence-corrected chi connectivity index (χ3v) is 3.95. The average Bonchev–Trinajstić information content (AvgIpc) is 2.41. The van der Waals surface area contributed by atoms with Crippen molar-refractivity contribution >= 4 is 27.3 Å². The largest absolute Gasteiger partial charge is 0.322 e. The molecule has 5 nitrogen and oxygen atoms in total. The zero-order valence-corrected chi connectivity index (χ0v) is 14.4. The van der Waals surface area contributed by atoms with Crippen molar-refractivity contribution in [2.45, 2.75) is 20.8 Å². The molecule has 0 heterocycles. The number of carbonyl (C=O) groups is 1. The van der Waals surface area contributed by atoms with Gasteiger partial charge in [-0.1, -0.05) is 23.8 Å². The molecule has 0 atom stereocenters. The van der Waals surface area contributed by atoms with E-state index in [1.165, 1.54) is 6.07 Å². The lowest BCUT2D eigenvalue weighted by molar-refractivity contribution is 0.102. The fraction of sp³-hybridized carbons (Fsp3) is 0.235. The molecule has 2 rings (SSSR count). The predicted octanol–water partition coefficient (Wildman–Crippen LogP) is 3.24. The lowest BCUT2D eigenvalue weighted by Gasteiger charge is -2.13. The molecule has 0 saturated heterocycles. The summed E-state index contributed by atoms with van der Waals surface area (Å²) in [5, 5.41) is 2.90. The number of rotatable bonds is 4. The molecule has 0 aliphatic carbocycles. The van der Waals surface area contributed by atoms with Crippen molar-refractivity contribution in [2.24, 2.45) is 0 Å². The fourth-order valence-corrected chi connectivity index (χ4v) is 3.06. The summed E-state index contributed by atoms with van der Waals surface area (Å²) in [4.78, 5) is 12.4.